The average molecular weight is 274 g/mol. The number of methoxy groups -OCH3 is 1. The number of unbranched alkanes of at least 4 members (excludes halogenated alkanes) is 8. The Morgan fingerprint density at radius 2 is 1.32 bits per heavy atom. The van der Waals surface area contributed by atoms with Gasteiger partial charge in [0.05, 0.1) is 7.11 Å². The van der Waals surface area contributed by atoms with E-state index in [4.69, 9.17) is 5.11 Å². The molecule has 3 nitrogen and oxygen atoms in total. The highest BCUT2D eigenvalue weighted by atomic mass is 16.5. The van der Waals surface area contributed by atoms with E-state index in [1.54, 1.807) is 13.8 Å². The molecule has 3 heteroatoms. The van der Waals surface area contributed by atoms with Crippen LogP contribution in [0.3, 0.4) is 0 Å². The average Bonchev–Trinajstić information content (AvgIpc) is 2.36. The lowest BCUT2D eigenvalue weighted by molar-refractivity contribution is -0.140. The molecule has 0 fully saturated rings. The summed E-state index contributed by atoms with van der Waals surface area (Å²) in [5.74, 6) is -0.0713. The Hall–Kier alpha value is -0.570. The molecule has 0 aromatic rings. The number of ether oxygens (including phenoxy) is 1. The molecule has 1 N–H and O–H groups in total. The van der Waals surface area contributed by atoms with E-state index >= 15 is 0 Å². The number of esters is 1. The van der Waals surface area contributed by atoms with E-state index in [2.05, 4.69) is 11.7 Å². The quantitative estimate of drug-likeness (QED) is 0.472. The number of rotatable bonds is 10. The summed E-state index contributed by atoms with van der Waals surface area (Å²) in [6.07, 6.45) is 12.0. The second-order valence-electron chi connectivity index (χ2n) is 5.25. The van der Waals surface area contributed by atoms with Crippen molar-refractivity contribution in [1.29, 1.82) is 0 Å². The van der Waals surface area contributed by atoms with Gasteiger partial charge in [0.25, 0.3) is 0 Å². The Morgan fingerprint density at radius 3 is 1.68 bits per heavy atom. The molecule has 0 saturated carbocycles. The molecular weight excluding hydrogens is 240 g/mol. The first-order valence-electron chi connectivity index (χ1n) is 7.79. The third kappa shape index (κ3) is 26.9. The van der Waals surface area contributed by atoms with Crippen molar-refractivity contribution in [2.45, 2.75) is 91.1 Å². The summed E-state index contributed by atoms with van der Waals surface area (Å²) in [5, 5.41) is 8.06. The normalized spacial score (nSPS) is 10.0. The molecule has 0 aromatic carbocycles. The molecule has 0 unspecified atom stereocenters. The summed E-state index contributed by atoms with van der Waals surface area (Å²) < 4.78 is 4.58. The fraction of sp³-hybridized carbons (Fsp3) is 0.938. The minimum absolute atomic E-state index is 0.0713. The maximum absolute atomic E-state index is 10.8. The van der Waals surface area contributed by atoms with Gasteiger partial charge >= 0.3 is 5.97 Å². The maximum atomic E-state index is 10.8. The molecule has 0 saturated heterocycles. The van der Waals surface area contributed by atoms with E-state index in [0.717, 1.165) is 6.42 Å². The van der Waals surface area contributed by atoms with E-state index in [-0.39, 0.29) is 12.1 Å². The van der Waals surface area contributed by atoms with Crippen LogP contribution >= 0.6 is 0 Å². The standard InChI is InChI=1S/C13H26O2.C3H8O/c1-3-4-5-6-7-8-9-10-11-12-13(14)15-2;1-3(2)4/h3-12H2,1-2H3;3-4H,1-2H3. The molecule has 0 rings (SSSR count). The van der Waals surface area contributed by atoms with Crippen LogP contribution in [0.5, 0.6) is 0 Å². The molecular formula is C16H34O3. The van der Waals surface area contributed by atoms with Crippen molar-refractivity contribution in [3.05, 3.63) is 0 Å². The molecule has 0 heterocycles. The van der Waals surface area contributed by atoms with Gasteiger partial charge in [0.15, 0.2) is 0 Å². The van der Waals surface area contributed by atoms with Gasteiger partial charge in [0.1, 0.15) is 0 Å². The number of carbonyl (C=O) groups is 1. The van der Waals surface area contributed by atoms with Crippen LogP contribution in [0.25, 0.3) is 0 Å². The Kier molecular flexibility index (Phi) is 19.0. The van der Waals surface area contributed by atoms with Crippen LogP contribution in [0.1, 0.15) is 85.0 Å². The highest BCUT2D eigenvalue weighted by Crippen LogP contribution is 2.10. The second-order valence-corrected chi connectivity index (χ2v) is 5.25. The van der Waals surface area contributed by atoms with Crippen molar-refractivity contribution in [2.24, 2.45) is 0 Å². The van der Waals surface area contributed by atoms with Gasteiger partial charge in [-0.25, -0.2) is 0 Å². The summed E-state index contributed by atoms with van der Waals surface area (Å²) >= 11 is 0. The van der Waals surface area contributed by atoms with Gasteiger partial charge in [0, 0.05) is 12.5 Å². The van der Waals surface area contributed by atoms with Gasteiger partial charge in [-0.2, -0.15) is 0 Å². The first-order valence-corrected chi connectivity index (χ1v) is 7.79. The lowest BCUT2D eigenvalue weighted by Gasteiger charge is -2.01. The molecule has 0 spiro atoms. The van der Waals surface area contributed by atoms with Crippen LogP contribution in [0.4, 0.5) is 0 Å². The molecule has 19 heavy (non-hydrogen) atoms. The highest BCUT2D eigenvalue weighted by Gasteiger charge is 1.98. The van der Waals surface area contributed by atoms with Gasteiger partial charge in [-0.1, -0.05) is 58.3 Å². The highest BCUT2D eigenvalue weighted by molar-refractivity contribution is 5.68. The molecule has 0 aliphatic carbocycles. The zero-order valence-corrected chi connectivity index (χ0v) is 13.4. The van der Waals surface area contributed by atoms with Crippen molar-refractivity contribution in [1.82, 2.24) is 0 Å². The third-order valence-corrected chi connectivity index (χ3v) is 2.71. The minimum atomic E-state index is -0.167. The van der Waals surface area contributed by atoms with Crippen LogP contribution < -0.4 is 0 Å². The Balaban J connectivity index is 0. The topological polar surface area (TPSA) is 46.5 Å². The molecule has 0 amide bonds. The summed E-state index contributed by atoms with van der Waals surface area (Å²) in [4.78, 5) is 10.8. The fourth-order valence-corrected chi connectivity index (χ4v) is 1.68. The molecule has 116 valence electrons. The van der Waals surface area contributed by atoms with Gasteiger partial charge in [-0.05, 0) is 20.3 Å². The Bertz CT molecular complexity index is 176. The molecule has 0 atom stereocenters. The van der Waals surface area contributed by atoms with Crippen LogP contribution in [0.15, 0.2) is 0 Å². The van der Waals surface area contributed by atoms with Crippen molar-refractivity contribution in [3.63, 3.8) is 0 Å². The lowest BCUT2D eigenvalue weighted by Crippen LogP contribution is -1.99. The monoisotopic (exact) mass is 274 g/mol. The summed E-state index contributed by atoms with van der Waals surface area (Å²) in [6, 6.07) is 0. The third-order valence-electron chi connectivity index (χ3n) is 2.71. The van der Waals surface area contributed by atoms with Crippen molar-refractivity contribution in [2.75, 3.05) is 7.11 Å². The largest absolute Gasteiger partial charge is 0.469 e. The van der Waals surface area contributed by atoms with Gasteiger partial charge in [-0.15, -0.1) is 0 Å². The maximum Gasteiger partial charge on any atom is 0.305 e. The molecule has 0 aromatic heterocycles. The lowest BCUT2D eigenvalue weighted by atomic mass is 10.1. The number of carbonyl (C=O) groups excluding carboxylic acids is 1. The first kappa shape index (κ1) is 20.7. The number of aliphatic hydroxyl groups is 1. The molecule has 0 aliphatic heterocycles. The summed E-state index contributed by atoms with van der Waals surface area (Å²) in [6.45, 7) is 5.69. The number of hydrogen-bond donors (Lipinski definition) is 1. The van der Waals surface area contributed by atoms with Crippen LogP contribution in [0, 0.1) is 0 Å². The van der Waals surface area contributed by atoms with Crippen LogP contribution in [-0.4, -0.2) is 24.3 Å². The smallest absolute Gasteiger partial charge is 0.305 e. The molecule has 0 bridgehead atoms. The zero-order valence-electron chi connectivity index (χ0n) is 13.4. The van der Waals surface area contributed by atoms with E-state index in [1.807, 2.05) is 0 Å². The van der Waals surface area contributed by atoms with E-state index in [9.17, 15) is 4.79 Å². The number of hydrogen-bond acceptors (Lipinski definition) is 3. The van der Waals surface area contributed by atoms with Gasteiger partial charge in [0.2, 0.25) is 0 Å². The molecule has 0 radical (unpaired) electrons. The predicted octanol–water partition coefficient (Wildman–Crippen LogP) is 4.47. The van der Waals surface area contributed by atoms with Gasteiger partial charge < -0.3 is 9.84 Å². The van der Waals surface area contributed by atoms with Gasteiger partial charge in [-0.3, -0.25) is 4.79 Å². The first-order chi connectivity index (χ1) is 9.04. The van der Waals surface area contributed by atoms with E-state index in [0.29, 0.717) is 6.42 Å². The zero-order chi connectivity index (χ0) is 14.9. The fourth-order valence-electron chi connectivity index (χ4n) is 1.68. The minimum Gasteiger partial charge on any atom is -0.469 e. The summed E-state index contributed by atoms with van der Waals surface area (Å²) in [7, 11) is 1.45. The van der Waals surface area contributed by atoms with Crippen molar-refractivity contribution >= 4 is 5.97 Å². The predicted molar refractivity (Wildman–Crippen MR) is 81.2 cm³/mol. The Morgan fingerprint density at radius 1 is 0.947 bits per heavy atom. The summed E-state index contributed by atoms with van der Waals surface area (Å²) in [5.41, 5.74) is 0. The van der Waals surface area contributed by atoms with Crippen molar-refractivity contribution in [3.8, 4) is 0 Å². The van der Waals surface area contributed by atoms with Crippen LogP contribution in [0.2, 0.25) is 0 Å². The van der Waals surface area contributed by atoms with Crippen LogP contribution in [-0.2, 0) is 9.53 Å². The molecule has 0 aliphatic rings. The van der Waals surface area contributed by atoms with Crippen molar-refractivity contribution < 1.29 is 14.6 Å². The van der Waals surface area contributed by atoms with E-state index in [1.165, 1.54) is 58.5 Å². The van der Waals surface area contributed by atoms with E-state index < -0.39 is 0 Å². The number of aliphatic hydroxyl groups excluding tert-OH is 1. The SMILES string of the molecule is CC(C)O.CCCCCCCCCCCC(=O)OC. The Labute approximate surface area is 119 Å². The second kappa shape index (κ2) is 17.4.